The van der Waals surface area contributed by atoms with Gasteiger partial charge in [0.2, 0.25) is 0 Å². The molecule has 148 valence electrons. The number of hydrogen-bond acceptors (Lipinski definition) is 1. The Kier molecular flexibility index (Phi) is 5.96. The molecule has 0 unspecified atom stereocenters. The maximum absolute atomic E-state index is 3.65. The highest BCUT2D eigenvalue weighted by molar-refractivity contribution is 5.72. The Morgan fingerprint density at radius 2 is 1.75 bits per heavy atom. The topological polar surface area (TPSA) is 36.1 Å². The normalized spacial score (nSPS) is 15.4. The molecule has 3 N–H and O–H groups in total. The third kappa shape index (κ3) is 4.39. The van der Waals surface area contributed by atoms with Crippen molar-refractivity contribution < 1.29 is 9.47 Å². The second-order valence-electron chi connectivity index (χ2n) is 8.45. The van der Waals surface area contributed by atoms with Gasteiger partial charge < -0.3 is 4.90 Å². The summed E-state index contributed by atoms with van der Waals surface area (Å²) in [6, 6.07) is 17.6. The lowest BCUT2D eigenvalue weighted by Crippen LogP contribution is -3.13. The standard InChI is InChI=1S/C24H32N4/c1-19(2)21-12-10-20(11-13-21)18-25-24-26-22-8-4-5-9-23(22)28(24)17-16-27-14-6-3-7-15-27/h4-5,8-13,19H,3,6-7,14-18H2,1-2H3,(H,25,26)/p+2. The smallest absolute Gasteiger partial charge is 0.332 e. The van der Waals surface area contributed by atoms with Crippen LogP contribution in [-0.2, 0) is 13.1 Å². The lowest BCUT2D eigenvalue weighted by Gasteiger charge is -2.23. The van der Waals surface area contributed by atoms with Gasteiger partial charge in [0.15, 0.2) is 0 Å². The van der Waals surface area contributed by atoms with E-state index >= 15 is 0 Å². The van der Waals surface area contributed by atoms with Crippen LogP contribution in [-0.4, -0.2) is 24.6 Å². The molecule has 4 heteroatoms. The molecule has 4 nitrogen and oxygen atoms in total. The monoisotopic (exact) mass is 378 g/mol. The third-order valence-electron chi connectivity index (χ3n) is 6.07. The molecule has 1 aliphatic heterocycles. The zero-order valence-corrected chi connectivity index (χ0v) is 17.3. The van der Waals surface area contributed by atoms with Crippen molar-refractivity contribution in [2.75, 3.05) is 25.0 Å². The highest BCUT2D eigenvalue weighted by Gasteiger charge is 2.20. The number of likely N-dealkylation sites (tertiary alicyclic amines) is 1. The largest absolute Gasteiger partial charge is 0.356 e. The average Bonchev–Trinajstić information content (AvgIpc) is 3.09. The zero-order chi connectivity index (χ0) is 19.3. The number of nitrogens with one attached hydrogen (secondary N) is 3. The quantitative estimate of drug-likeness (QED) is 0.542. The summed E-state index contributed by atoms with van der Waals surface area (Å²) in [5.74, 6) is 1.70. The van der Waals surface area contributed by atoms with Crippen LogP contribution in [0, 0.1) is 0 Å². The van der Waals surface area contributed by atoms with E-state index in [0.717, 1.165) is 19.0 Å². The first-order chi connectivity index (χ1) is 13.7. The highest BCUT2D eigenvalue weighted by atomic mass is 15.2. The molecule has 1 saturated heterocycles. The van der Waals surface area contributed by atoms with Gasteiger partial charge in [-0.25, -0.2) is 9.55 Å². The van der Waals surface area contributed by atoms with Crippen LogP contribution in [0.25, 0.3) is 11.0 Å². The first-order valence-corrected chi connectivity index (χ1v) is 10.9. The summed E-state index contributed by atoms with van der Waals surface area (Å²) in [5, 5.41) is 3.65. The molecule has 0 saturated carbocycles. The SMILES string of the molecule is CC(C)c1ccc(CNc2[nH]c3ccccc3[n+]2CC[NH+]2CCCCC2)cc1. The molecular formula is C24H34N4+2. The number of fused-ring (bicyclic) bond motifs is 1. The molecular weight excluding hydrogens is 344 g/mol. The first kappa shape index (κ1) is 19.0. The van der Waals surface area contributed by atoms with E-state index in [1.165, 1.54) is 61.1 Å². The van der Waals surface area contributed by atoms with Gasteiger partial charge in [-0.2, -0.15) is 0 Å². The van der Waals surface area contributed by atoms with Crippen molar-refractivity contribution in [1.82, 2.24) is 4.98 Å². The van der Waals surface area contributed by atoms with E-state index in [1.807, 2.05) is 0 Å². The number of piperidine rings is 1. The molecule has 0 radical (unpaired) electrons. The summed E-state index contributed by atoms with van der Waals surface area (Å²) in [6.45, 7) is 10.2. The van der Waals surface area contributed by atoms with Crippen LogP contribution in [0.5, 0.6) is 0 Å². The molecule has 2 aromatic carbocycles. The van der Waals surface area contributed by atoms with Crippen molar-refractivity contribution >= 4 is 17.0 Å². The number of aromatic nitrogens is 2. The van der Waals surface area contributed by atoms with Crippen molar-refractivity contribution in [1.29, 1.82) is 0 Å². The van der Waals surface area contributed by atoms with Crippen LogP contribution in [0.1, 0.15) is 50.2 Å². The van der Waals surface area contributed by atoms with Crippen LogP contribution >= 0.6 is 0 Å². The van der Waals surface area contributed by atoms with Crippen molar-refractivity contribution in [3.63, 3.8) is 0 Å². The predicted octanol–water partition coefficient (Wildman–Crippen LogP) is 3.26. The fourth-order valence-electron chi connectivity index (χ4n) is 4.28. The predicted molar refractivity (Wildman–Crippen MR) is 116 cm³/mol. The molecule has 0 aliphatic carbocycles. The van der Waals surface area contributed by atoms with E-state index in [2.05, 4.69) is 77.2 Å². The number of anilines is 1. The molecule has 0 spiro atoms. The number of imidazole rings is 1. The molecule has 28 heavy (non-hydrogen) atoms. The zero-order valence-electron chi connectivity index (χ0n) is 17.3. The minimum Gasteiger partial charge on any atom is -0.332 e. The molecule has 1 fully saturated rings. The Hall–Kier alpha value is -2.33. The maximum atomic E-state index is 3.65. The summed E-state index contributed by atoms with van der Waals surface area (Å²) < 4.78 is 2.43. The molecule has 3 aromatic rings. The molecule has 0 amide bonds. The van der Waals surface area contributed by atoms with E-state index in [4.69, 9.17) is 0 Å². The molecule has 1 aromatic heterocycles. The fourth-order valence-corrected chi connectivity index (χ4v) is 4.28. The molecule has 1 aliphatic rings. The minimum absolute atomic E-state index is 0.579. The van der Waals surface area contributed by atoms with Crippen LogP contribution in [0.2, 0.25) is 0 Å². The van der Waals surface area contributed by atoms with E-state index in [-0.39, 0.29) is 0 Å². The second-order valence-corrected chi connectivity index (χ2v) is 8.45. The van der Waals surface area contributed by atoms with Crippen LogP contribution in [0.3, 0.4) is 0 Å². The first-order valence-electron chi connectivity index (χ1n) is 10.9. The van der Waals surface area contributed by atoms with E-state index < -0.39 is 0 Å². The second kappa shape index (κ2) is 8.78. The Balaban J connectivity index is 1.49. The van der Waals surface area contributed by atoms with Gasteiger partial charge in [0, 0.05) is 0 Å². The Bertz CT molecular complexity index is 889. The summed E-state index contributed by atoms with van der Waals surface area (Å²) >= 11 is 0. The molecule has 2 heterocycles. The summed E-state index contributed by atoms with van der Waals surface area (Å²) in [7, 11) is 0. The molecule has 0 bridgehead atoms. The lowest BCUT2D eigenvalue weighted by molar-refractivity contribution is -0.921. The number of hydrogen-bond donors (Lipinski definition) is 3. The van der Waals surface area contributed by atoms with Gasteiger partial charge in [-0.1, -0.05) is 50.2 Å². The van der Waals surface area contributed by atoms with Crippen LogP contribution in [0.4, 0.5) is 5.95 Å². The Morgan fingerprint density at radius 3 is 2.50 bits per heavy atom. The molecule has 4 rings (SSSR count). The number of para-hydroxylation sites is 2. The van der Waals surface area contributed by atoms with Crippen molar-refractivity contribution in [2.45, 2.75) is 52.1 Å². The number of benzene rings is 2. The van der Waals surface area contributed by atoms with Crippen molar-refractivity contribution in [3.05, 3.63) is 59.7 Å². The van der Waals surface area contributed by atoms with Gasteiger partial charge in [-0.15, -0.1) is 0 Å². The highest BCUT2D eigenvalue weighted by Crippen LogP contribution is 2.16. The van der Waals surface area contributed by atoms with Gasteiger partial charge in [0.1, 0.15) is 24.1 Å². The third-order valence-corrected chi connectivity index (χ3v) is 6.07. The number of quaternary nitrogens is 1. The van der Waals surface area contributed by atoms with Gasteiger partial charge >= 0.3 is 5.95 Å². The average molecular weight is 379 g/mol. The summed E-state index contributed by atoms with van der Waals surface area (Å²) in [6.07, 6.45) is 4.17. The van der Waals surface area contributed by atoms with Gasteiger partial charge in [-0.05, 0) is 48.4 Å². The molecule has 0 atom stereocenters. The van der Waals surface area contributed by atoms with E-state index in [9.17, 15) is 0 Å². The van der Waals surface area contributed by atoms with E-state index in [0.29, 0.717) is 5.92 Å². The van der Waals surface area contributed by atoms with Crippen molar-refractivity contribution in [3.8, 4) is 0 Å². The van der Waals surface area contributed by atoms with Gasteiger partial charge in [-0.3, -0.25) is 5.32 Å². The van der Waals surface area contributed by atoms with E-state index in [1.54, 1.807) is 4.90 Å². The number of rotatable bonds is 7. The minimum atomic E-state index is 0.579. The summed E-state index contributed by atoms with van der Waals surface area (Å²) in [4.78, 5) is 5.34. The van der Waals surface area contributed by atoms with Crippen LogP contribution < -0.4 is 14.8 Å². The maximum Gasteiger partial charge on any atom is 0.356 e. The van der Waals surface area contributed by atoms with Gasteiger partial charge in [0.05, 0.1) is 19.6 Å². The number of aromatic amines is 1. The number of nitrogens with zero attached hydrogens (tertiary/aromatic N) is 1. The number of H-pyrrole nitrogens is 1. The van der Waals surface area contributed by atoms with Crippen molar-refractivity contribution in [2.24, 2.45) is 0 Å². The fraction of sp³-hybridized carbons (Fsp3) is 0.458. The van der Waals surface area contributed by atoms with Crippen LogP contribution in [0.15, 0.2) is 48.5 Å². The Labute approximate surface area is 168 Å². The Morgan fingerprint density at radius 1 is 1.00 bits per heavy atom. The van der Waals surface area contributed by atoms with Gasteiger partial charge in [0.25, 0.3) is 0 Å². The summed E-state index contributed by atoms with van der Waals surface area (Å²) in [5.41, 5.74) is 5.20. The lowest BCUT2D eigenvalue weighted by atomic mass is 10.0.